The van der Waals surface area contributed by atoms with Gasteiger partial charge in [-0.05, 0) is 25.0 Å². The van der Waals surface area contributed by atoms with Crippen LogP contribution in [0.2, 0.25) is 0 Å². The van der Waals surface area contributed by atoms with E-state index in [1.807, 2.05) is 0 Å². The minimum absolute atomic E-state index is 0.0188. The lowest BCUT2D eigenvalue weighted by Gasteiger charge is -2.11. The number of hydrogen-bond donors (Lipinski definition) is 2. The molecule has 1 unspecified atom stereocenters. The highest BCUT2D eigenvalue weighted by Gasteiger charge is 2.40. The number of thiophene rings is 1. The van der Waals surface area contributed by atoms with Crippen molar-refractivity contribution >= 4 is 17.3 Å². The molecule has 17 heavy (non-hydrogen) atoms. The lowest BCUT2D eigenvalue weighted by molar-refractivity contribution is -0.205. The van der Waals surface area contributed by atoms with E-state index in [0.29, 0.717) is 17.7 Å². The van der Waals surface area contributed by atoms with Crippen LogP contribution in [0.25, 0.3) is 0 Å². The number of rotatable bonds is 5. The zero-order valence-electron chi connectivity index (χ0n) is 8.70. The second kappa shape index (κ2) is 5.50. The summed E-state index contributed by atoms with van der Waals surface area (Å²) in [5.74, 6) is -0.933. The van der Waals surface area contributed by atoms with Gasteiger partial charge in [-0.3, -0.25) is 4.79 Å². The maximum absolute atomic E-state index is 12.2. The Kier molecular flexibility index (Phi) is 4.53. The Morgan fingerprint density at radius 2 is 2.06 bits per heavy atom. The van der Waals surface area contributed by atoms with Crippen LogP contribution >= 0.6 is 11.3 Å². The largest absolute Gasteiger partial charge is 0.481 e. The van der Waals surface area contributed by atoms with Gasteiger partial charge in [-0.1, -0.05) is 0 Å². The number of carboxylic acids is 1. The molecular weight excluding hydrogens is 257 g/mol. The molecule has 3 nitrogen and oxygen atoms in total. The van der Waals surface area contributed by atoms with Gasteiger partial charge in [-0.2, -0.15) is 13.2 Å². The smallest absolute Gasteiger partial charge is 0.419 e. The summed E-state index contributed by atoms with van der Waals surface area (Å²) in [5, 5.41) is 17.4. The first-order valence-electron chi connectivity index (χ1n) is 4.86. The Bertz CT molecular complexity index is 386. The van der Waals surface area contributed by atoms with Gasteiger partial charge in [0.1, 0.15) is 0 Å². The Morgan fingerprint density at radius 1 is 1.41 bits per heavy atom. The first kappa shape index (κ1) is 14.0. The van der Waals surface area contributed by atoms with Crippen molar-refractivity contribution in [1.29, 1.82) is 0 Å². The molecule has 1 aromatic rings. The first-order valence-corrected chi connectivity index (χ1v) is 5.67. The highest BCUT2D eigenvalue weighted by molar-refractivity contribution is 7.12. The van der Waals surface area contributed by atoms with E-state index in [9.17, 15) is 18.0 Å². The number of aliphatic carboxylic acids is 1. The third-order valence-electron chi connectivity index (χ3n) is 2.08. The molecule has 0 aromatic carbocycles. The summed E-state index contributed by atoms with van der Waals surface area (Å²) >= 11 is 0.857. The van der Waals surface area contributed by atoms with Gasteiger partial charge in [-0.15, -0.1) is 11.3 Å². The van der Waals surface area contributed by atoms with Gasteiger partial charge in [0, 0.05) is 16.2 Å². The van der Waals surface area contributed by atoms with E-state index in [1.54, 1.807) is 0 Å². The quantitative estimate of drug-likeness (QED) is 0.863. The number of carbonyl (C=O) groups is 1. The average Bonchev–Trinajstić information content (AvgIpc) is 2.63. The number of halogens is 3. The lowest BCUT2D eigenvalue weighted by atomic mass is 10.2. The summed E-state index contributed by atoms with van der Waals surface area (Å²) in [7, 11) is 0. The van der Waals surface area contributed by atoms with E-state index in [4.69, 9.17) is 10.2 Å². The fraction of sp³-hybridized carbons (Fsp3) is 0.500. The van der Waals surface area contributed by atoms with Crippen molar-refractivity contribution in [2.24, 2.45) is 0 Å². The Morgan fingerprint density at radius 3 is 2.59 bits per heavy atom. The van der Waals surface area contributed by atoms with Gasteiger partial charge in [0.25, 0.3) is 0 Å². The summed E-state index contributed by atoms with van der Waals surface area (Å²) in [6.45, 7) is 0. The van der Waals surface area contributed by atoms with Gasteiger partial charge >= 0.3 is 12.1 Å². The molecule has 1 heterocycles. The minimum atomic E-state index is -4.66. The fourth-order valence-corrected chi connectivity index (χ4v) is 2.32. The van der Waals surface area contributed by atoms with E-state index in [2.05, 4.69) is 0 Å². The second-order valence-corrected chi connectivity index (χ2v) is 4.70. The molecule has 1 rings (SSSR count). The van der Waals surface area contributed by atoms with Gasteiger partial charge in [0.05, 0.1) is 0 Å². The summed E-state index contributed by atoms with van der Waals surface area (Å²) in [5.41, 5.74) is 0. The highest BCUT2D eigenvalue weighted by Crippen LogP contribution is 2.36. The third-order valence-corrected chi connectivity index (χ3v) is 3.27. The van der Waals surface area contributed by atoms with Crippen LogP contribution in [0.3, 0.4) is 0 Å². The molecule has 0 bridgehead atoms. The normalized spacial score (nSPS) is 13.6. The van der Waals surface area contributed by atoms with Gasteiger partial charge in [-0.25, -0.2) is 0 Å². The molecule has 96 valence electrons. The van der Waals surface area contributed by atoms with Gasteiger partial charge < -0.3 is 10.2 Å². The molecular formula is C10H11F3O3S. The summed E-state index contributed by atoms with van der Waals surface area (Å²) < 4.78 is 36.5. The number of carboxylic acid groups (broad SMARTS) is 1. The molecule has 0 saturated carbocycles. The van der Waals surface area contributed by atoms with Crippen LogP contribution in [0, 0.1) is 0 Å². The molecule has 0 spiro atoms. The SMILES string of the molecule is O=C(O)CCCc1ccc(C(O)C(F)(F)F)s1. The molecule has 2 N–H and O–H groups in total. The Hall–Kier alpha value is -1.08. The van der Waals surface area contributed by atoms with Crippen LogP contribution in [0.5, 0.6) is 0 Å². The van der Waals surface area contributed by atoms with Crippen molar-refractivity contribution in [2.45, 2.75) is 31.5 Å². The molecule has 0 aliphatic rings. The molecule has 0 amide bonds. The van der Waals surface area contributed by atoms with Crippen molar-refractivity contribution in [3.63, 3.8) is 0 Å². The number of aryl methyl sites for hydroxylation is 1. The van der Waals surface area contributed by atoms with Crippen LogP contribution in [0.1, 0.15) is 28.7 Å². The maximum Gasteiger partial charge on any atom is 0.419 e. The summed E-state index contributed by atoms with van der Waals surface area (Å²) in [4.78, 5) is 10.7. The van der Waals surface area contributed by atoms with E-state index in [-0.39, 0.29) is 11.3 Å². The highest BCUT2D eigenvalue weighted by atomic mass is 32.1. The van der Waals surface area contributed by atoms with Crippen LogP contribution in [0.4, 0.5) is 13.2 Å². The van der Waals surface area contributed by atoms with Crippen LogP contribution < -0.4 is 0 Å². The number of aliphatic hydroxyl groups excluding tert-OH is 1. The molecule has 0 aliphatic heterocycles. The standard InChI is InChI=1S/C10H11F3O3S/c11-10(12,13)9(16)7-5-4-6(17-7)2-1-3-8(14)15/h4-5,9,16H,1-3H2,(H,14,15). The molecule has 0 fully saturated rings. The van der Waals surface area contributed by atoms with Crippen LogP contribution in [-0.2, 0) is 11.2 Å². The van der Waals surface area contributed by atoms with E-state index in [0.717, 1.165) is 11.3 Å². The van der Waals surface area contributed by atoms with E-state index < -0.39 is 18.2 Å². The minimum Gasteiger partial charge on any atom is -0.481 e. The number of hydrogen-bond acceptors (Lipinski definition) is 3. The molecule has 1 atom stereocenters. The zero-order valence-corrected chi connectivity index (χ0v) is 9.51. The van der Waals surface area contributed by atoms with E-state index >= 15 is 0 Å². The third kappa shape index (κ3) is 4.35. The summed E-state index contributed by atoms with van der Waals surface area (Å²) in [6, 6.07) is 2.70. The second-order valence-electron chi connectivity index (χ2n) is 3.50. The number of aliphatic hydroxyl groups is 1. The first-order chi connectivity index (χ1) is 7.80. The van der Waals surface area contributed by atoms with Crippen molar-refractivity contribution < 1.29 is 28.2 Å². The summed E-state index contributed by atoms with van der Waals surface area (Å²) in [6.07, 6.45) is -6.36. The Balaban J connectivity index is 2.56. The zero-order chi connectivity index (χ0) is 13.1. The molecule has 7 heteroatoms. The topological polar surface area (TPSA) is 57.5 Å². The fourth-order valence-electron chi connectivity index (χ4n) is 1.25. The van der Waals surface area contributed by atoms with Crippen molar-refractivity contribution in [3.05, 3.63) is 21.9 Å². The molecule has 1 aromatic heterocycles. The predicted octanol–water partition coefficient (Wildman–Crippen LogP) is 2.75. The van der Waals surface area contributed by atoms with Crippen LogP contribution in [-0.4, -0.2) is 22.4 Å². The van der Waals surface area contributed by atoms with Crippen molar-refractivity contribution in [2.75, 3.05) is 0 Å². The predicted molar refractivity (Wildman–Crippen MR) is 55.9 cm³/mol. The average molecular weight is 268 g/mol. The lowest BCUT2D eigenvalue weighted by Crippen LogP contribution is -2.18. The number of alkyl halides is 3. The molecule has 0 saturated heterocycles. The van der Waals surface area contributed by atoms with Gasteiger partial charge in [0.15, 0.2) is 6.10 Å². The maximum atomic E-state index is 12.2. The monoisotopic (exact) mass is 268 g/mol. The van der Waals surface area contributed by atoms with E-state index in [1.165, 1.54) is 12.1 Å². The molecule has 0 aliphatic carbocycles. The van der Waals surface area contributed by atoms with Crippen LogP contribution in [0.15, 0.2) is 12.1 Å². The van der Waals surface area contributed by atoms with Gasteiger partial charge in [0.2, 0.25) is 0 Å². The molecule has 0 radical (unpaired) electrons. The Labute approximate surface area is 99.5 Å². The van der Waals surface area contributed by atoms with Crippen molar-refractivity contribution in [1.82, 2.24) is 0 Å². The van der Waals surface area contributed by atoms with Crippen molar-refractivity contribution in [3.8, 4) is 0 Å².